The Morgan fingerprint density at radius 2 is 1.76 bits per heavy atom. The molecule has 1 fully saturated rings. The van der Waals surface area contributed by atoms with Crippen LogP contribution in [0, 0.1) is 5.92 Å². The van der Waals surface area contributed by atoms with E-state index in [-0.39, 0.29) is 5.91 Å². The van der Waals surface area contributed by atoms with Crippen LogP contribution in [0.2, 0.25) is 0 Å². The zero-order valence-electron chi connectivity index (χ0n) is 17.4. The number of rotatable bonds is 4. The molecule has 2 aromatic rings. The molecule has 4 nitrogen and oxygen atoms in total. The van der Waals surface area contributed by atoms with E-state index in [4.69, 9.17) is 0 Å². The van der Waals surface area contributed by atoms with E-state index in [9.17, 15) is 15.0 Å². The van der Waals surface area contributed by atoms with Crippen molar-refractivity contribution in [1.29, 1.82) is 0 Å². The first-order valence-electron chi connectivity index (χ1n) is 10.8. The molecule has 4 heteroatoms. The Morgan fingerprint density at radius 3 is 2.48 bits per heavy atom. The van der Waals surface area contributed by atoms with E-state index in [0.29, 0.717) is 42.1 Å². The van der Waals surface area contributed by atoms with E-state index < -0.39 is 0 Å². The molecule has 1 saturated carbocycles. The SMILES string of the molecule is CN(C)C(=O)CCc1cc2c(cc1O)[C@@H]1CCCC[C@@H]1[C@H](c1ccc(O)cc1)C2. The number of nitrogens with zero attached hydrogens (tertiary/aromatic N) is 1. The maximum atomic E-state index is 12.0. The average molecular weight is 394 g/mol. The molecule has 154 valence electrons. The average Bonchev–Trinajstić information content (AvgIpc) is 2.72. The van der Waals surface area contributed by atoms with Crippen molar-refractivity contribution in [1.82, 2.24) is 4.90 Å². The minimum absolute atomic E-state index is 0.0800. The molecule has 29 heavy (non-hydrogen) atoms. The highest BCUT2D eigenvalue weighted by Gasteiger charge is 2.39. The van der Waals surface area contributed by atoms with Gasteiger partial charge in [-0.15, -0.1) is 0 Å². The number of aromatic hydroxyl groups is 2. The number of phenolic OH excluding ortho intramolecular Hbond substituents is 2. The third-order valence-electron chi connectivity index (χ3n) is 6.94. The number of fused-ring (bicyclic) bond motifs is 3. The van der Waals surface area contributed by atoms with Crippen LogP contribution in [0.3, 0.4) is 0 Å². The van der Waals surface area contributed by atoms with Gasteiger partial charge in [0, 0.05) is 20.5 Å². The van der Waals surface area contributed by atoms with Gasteiger partial charge in [-0.3, -0.25) is 4.79 Å². The molecule has 2 aliphatic carbocycles. The molecular weight excluding hydrogens is 362 g/mol. The van der Waals surface area contributed by atoms with Crippen molar-refractivity contribution in [2.24, 2.45) is 5.92 Å². The fourth-order valence-electron chi connectivity index (χ4n) is 5.39. The van der Waals surface area contributed by atoms with Crippen LogP contribution in [0.25, 0.3) is 0 Å². The van der Waals surface area contributed by atoms with Crippen molar-refractivity contribution in [2.75, 3.05) is 14.1 Å². The molecule has 0 saturated heterocycles. The van der Waals surface area contributed by atoms with Gasteiger partial charge in [-0.1, -0.05) is 31.0 Å². The number of hydrogen-bond donors (Lipinski definition) is 2. The number of benzene rings is 2. The topological polar surface area (TPSA) is 60.8 Å². The molecule has 2 N–H and O–H groups in total. The summed E-state index contributed by atoms with van der Waals surface area (Å²) in [4.78, 5) is 13.6. The lowest BCUT2D eigenvalue weighted by molar-refractivity contribution is -0.128. The zero-order chi connectivity index (χ0) is 20.5. The van der Waals surface area contributed by atoms with Crippen LogP contribution in [0.1, 0.15) is 66.2 Å². The Labute approximate surface area is 173 Å². The largest absolute Gasteiger partial charge is 0.508 e. The van der Waals surface area contributed by atoms with Crippen LogP contribution in [-0.2, 0) is 17.6 Å². The standard InChI is InChI=1S/C25H31NO3/c1-26(2)25(29)12-9-17-13-18-14-22(16-7-10-19(27)11-8-16)20-5-3-4-6-21(20)23(18)15-24(17)28/h7-8,10-11,13,15,20-22,27-28H,3-6,9,12,14H2,1-2H3/t20-,21+,22-/m0/s1. The van der Waals surface area contributed by atoms with Crippen LogP contribution < -0.4 is 0 Å². The predicted octanol–water partition coefficient (Wildman–Crippen LogP) is 4.73. The lowest BCUT2D eigenvalue weighted by Gasteiger charge is -2.43. The second-order valence-electron chi connectivity index (χ2n) is 8.92. The molecule has 0 spiro atoms. The maximum Gasteiger partial charge on any atom is 0.222 e. The van der Waals surface area contributed by atoms with E-state index in [0.717, 1.165) is 12.0 Å². The lowest BCUT2D eigenvalue weighted by Crippen LogP contribution is -2.31. The van der Waals surface area contributed by atoms with Gasteiger partial charge in [-0.05, 0) is 83.9 Å². The van der Waals surface area contributed by atoms with Crippen LogP contribution in [0.15, 0.2) is 36.4 Å². The van der Waals surface area contributed by atoms with Gasteiger partial charge in [-0.2, -0.15) is 0 Å². The molecule has 0 radical (unpaired) electrons. The Hall–Kier alpha value is -2.49. The highest BCUT2D eigenvalue weighted by atomic mass is 16.3. The Morgan fingerprint density at radius 1 is 1.03 bits per heavy atom. The summed E-state index contributed by atoms with van der Waals surface area (Å²) in [6, 6.07) is 11.8. The quantitative estimate of drug-likeness (QED) is 0.789. The minimum atomic E-state index is 0.0800. The summed E-state index contributed by atoms with van der Waals surface area (Å²) in [5.74, 6) is 2.23. The van der Waals surface area contributed by atoms with E-state index in [1.807, 2.05) is 6.07 Å². The smallest absolute Gasteiger partial charge is 0.222 e. The van der Waals surface area contributed by atoms with Crippen LogP contribution in [0.5, 0.6) is 11.5 Å². The molecule has 2 aromatic carbocycles. The van der Waals surface area contributed by atoms with Gasteiger partial charge in [0.2, 0.25) is 5.91 Å². The molecule has 0 bridgehead atoms. The normalized spacial score (nSPS) is 23.2. The van der Waals surface area contributed by atoms with Gasteiger partial charge >= 0.3 is 0 Å². The Balaban J connectivity index is 1.66. The molecule has 0 unspecified atom stereocenters. The monoisotopic (exact) mass is 393 g/mol. The van der Waals surface area contributed by atoms with Crippen LogP contribution in [0.4, 0.5) is 0 Å². The Kier molecular flexibility index (Phi) is 5.53. The molecule has 0 aromatic heterocycles. The van der Waals surface area contributed by atoms with Crippen molar-refractivity contribution in [3.8, 4) is 11.5 Å². The minimum Gasteiger partial charge on any atom is -0.508 e. The third-order valence-corrected chi connectivity index (χ3v) is 6.94. The first-order chi connectivity index (χ1) is 13.9. The summed E-state index contributed by atoms with van der Waals surface area (Å²) in [6.45, 7) is 0. The highest BCUT2D eigenvalue weighted by Crippen LogP contribution is 2.52. The summed E-state index contributed by atoms with van der Waals surface area (Å²) in [5, 5.41) is 20.4. The first-order valence-corrected chi connectivity index (χ1v) is 10.8. The van der Waals surface area contributed by atoms with E-state index >= 15 is 0 Å². The highest BCUT2D eigenvalue weighted by molar-refractivity contribution is 5.76. The molecule has 4 rings (SSSR count). The van der Waals surface area contributed by atoms with Crippen molar-refractivity contribution in [2.45, 2.75) is 56.8 Å². The van der Waals surface area contributed by atoms with Crippen molar-refractivity contribution in [3.63, 3.8) is 0 Å². The third kappa shape index (κ3) is 3.98. The maximum absolute atomic E-state index is 12.0. The molecule has 3 atom stereocenters. The summed E-state index contributed by atoms with van der Waals surface area (Å²) in [5.41, 5.74) is 4.79. The summed E-state index contributed by atoms with van der Waals surface area (Å²) >= 11 is 0. The summed E-state index contributed by atoms with van der Waals surface area (Å²) in [6.07, 6.45) is 6.82. The number of amides is 1. The van der Waals surface area contributed by atoms with Gasteiger partial charge in [0.05, 0.1) is 0 Å². The molecule has 2 aliphatic rings. The molecular formula is C25H31NO3. The second kappa shape index (κ2) is 8.10. The predicted molar refractivity (Wildman–Crippen MR) is 114 cm³/mol. The number of carbonyl (C=O) groups is 1. The van der Waals surface area contributed by atoms with Gasteiger partial charge in [-0.25, -0.2) is 0 Å². The van der Waals surface area contributed by atoms with Crippen molar-refractivity contribution >= 4 is 5.91 Å². The van der Waals surface area contributed by atoms with Crippen LogP contribution >= 0.6 is 0 Å². The number of hydrogen-bond acceptors (Lipinski definition) is 3. The molecule has 0 heterocycles. The fourth-order valence-corrected chi connectivity index (χ4v) is 5.39. The molecule has 1 amide bonds. The lowest BCUT2D eigenvalue weighted by atomic mass is 9.61. The van der Waals surface area contributed by atoms with Crippen molar-refractivity contribution in [3.05, 3.63) is 58.7 Å². The zero-order valence-corrected chi connectivity index (χ0v) is 17.4. The van der Waals surface area contributed by atoms with E-state index in [1.54, 1.807) is 31.1 Å². The first kappa shape index (κ1) is 19.8. The number of aryl methyl sites for hydroxylation is 1. The van der Waals surface area contributed by atoms with E-state index in [1.165, 1.54) is 42.4 Å². The number of phenols is 2. The summed E-state index contributed by atoms with van der Waals surface area (Å²) in [7, 11) is 3.53. The van der Waals surface area contributed by atoms with Crippen molar-refractivity contribution < 1.29 is 15.0 Å². The van der Waals surface area contributed by atoms with Gasteiger partial charge in [0.25, 0.3) is 0 Å². The van der Waals surface area contributed by atoms with E-state index in [2.05, 4.69) is 18.2 Å². The second-order valence-corrected chi connectivity index (χ2v) is 8.92. The summed E-state index contributed by atoms with van der Waals surface area (Å²) < 4.78 is 0. The van der Waals surface area contributed by atoms with Gasteiger partial charge < -0.3 is 15.1 Å². The van der Waals surface area contributed by atoms with Gasteiger partial charge in [0.1, 0.15) is 11.5 Å². The number of carbonyl (C=O) groups excluding carboxylic acids is 1. The molecule has 0 aliphatic heterocycles. The Bertz CT molecular complexity index is 888. The van der Waals surface area contributed by atoms with Gasteiger partial charge in [0.15, 0.2) is 0 Å². The fraction of sp³-hybridized carbons (Fsp3) is 0.480. The van der Waals surface area contributed by atoms with Crippen LogP contribution in [-0.4, -0.2) is 35.1 Å².